The van der Waals surface area contributed by atoms with E-state index in [0.29, 0.717) is 10.6 Å². The Balaban J connectivity index is 2.12. The van der Waals surface area contributed by atoms with Gasteiger partial charge in [-0.3, -0.25) is 4.79 Å². The van der Waals surface area contributed by atoms with Crippen molar-refractivity contribution in [2.24, 2.45) is 5.92 Å². The molecule has 0 aliphatic heterocycles. The van der Waals surface area contributed by atoms with Crippen molar-refractivity contribution >= 4 is 27.9 Å². The van der Waals surface area contributed by atoms with Gasteiger partial charge in [-0.05, 0) is 31.7 Å². The highest BCUT2D eigenvalue weighted by molar-refractivity contribution is 7.18. The largest absolute Gasteiger partial charge is 0.397 e. The van der Waals surface area contributed by atoms with Crippen LogP contribution >= 0.6 is 11.3 Å². The molecule has 2 rings (SSSR count). The van der Waals surface area contributed by atoms with Gasteiger partial charge in [-0.2, -0.15) is 0 Å². The Morgan fingerprint density at radius 3 is 2.83 bits per heavy atom. The molecule has 1 saturated carbocycles. The lowest BCUT2D eigenvalue weighted by atomic mass is 9.85. The minimum absolute atomic E-state index is 0.0940. The van der Waals surface area contributed by atoms with Gasteiger partial charge in [-0.15, -0.1) is 11.3 Å². The molecular formula is C13H21N3OS. The van der Waals surface area contributed by atoms with Crippen LogP contribution in [0.3, 0.4) is 0 Å². The molecule has 0 aromatic carbocycles. The van der Waals surface area contributed by atoms with E-state index in [1.807, 2.05) is 6.07 Å². The molecule has 1 aliphatic carbocycles. The van der Waals surface area contributed by atoms with Crippen molar-refractivity contribution in [1.82, 2.24) is 5.32 Å². The zero-order valence-corrected chi connectivity index (χ0v) is 11.8. The third kappa shape index (κ3) is 2.61. The third-order valence-electron chi connectivity index (χ3n) is 3.58. The first-order valence-electron chi connectivity index (χ1n) is 6.52. The summed E-state index contributed by atoms with van der Waals surface area (Å²) in [6.07, 6.45) is 4.03. The van der Waals surface area contributed by atoms with Crippen molar-refractivity contribution < 1.29 is 4.79 Å². The Morgan fingerprint density at radius 2 is 2.33 bits per heavy atom. The zero-order chi connectivity index (χ0) is 13.1. The lowest BCUT2D eigenvalue weighted by Crippen LogP contribution is -2.31. The minimum atomic E-state index is -0.0940. The molecular weight excluding hydrogens is 246 g/mol. The van der Waals surface area contributed by atoms with Crippen LogP contribution in [-0.2, 0) is 0 Å². The Morgan fingerprint density at radius 1 is 1.61 bits per heavy atom. The summed E-state index contributed by atoms with van der Waals surface area (Å²) in [6, 6.07) is 1.93. The molecule has 1 aliphatic rings. The highest BCUT2D eigenvalue weighted by Crippen LogP contribution is 2.35. The second-order valence-electron chi connectivity index (χ2n) is 4.78. The van der Waals surface area contributed by atoms with E-state index in [1.54, 1.807) is 7.05 Å². The Hall–Kier alpha value is -1.23. The quantitative estimate of drug-likeness (QED) is 0.860. The topological polar surface area (TPSA) is 58.4 Å². The smallest absolute Gasteiger partial charge is 0.263 e. The van der Waals surface area contributed by atoms with Gasteiger partial charge in [-0.25, -0.2) is 0 Å². The highest BCUT2D eigenvalue weighted by Gasteiger charge is 2.22. The summed E-state index contributed by atoms with van der Waals surface area (Å²) in [7, 11) is 1.63. The molecule has 100 valence electrons. The monoisotopic (exact) mass is 267 g/mol. The van der Waals surface area contributed by atoms with Crippen LogP contribution in [0.25, 0.3) is 0 Å². The summed E-state index contributed by atoms with van der Waals surface area (Å²) in [4.78, 5) is 14.6. The first-order chi connectivity index (χ1) is 8.65. The highest BCUT2D eigenvalue weighted by atomic mass is 32.1. The number of nitrogens with two attached hydrogens (primary N) is 1. The molecule has 4 nitrogen and oxygen atoms in total. The van der Waals surface area contributed by atoms with Crippen molar-refractivity contribution in [3.05, 3.63) is 10.9 Å². The van der Waals surface area contributed by atoms with Crippen LogP contribution in [0.1, 0.15) is 35.9 Å². The number of nitrogens with zero attached hydrogens (tertiary/aromatic N) is 1. The standard InChI is InChI=1S/C13H21N3OS/c1-3-16(8-9-5-4-6-9)11-7-10(14)12(18-11)13(17)15-2/h7,9H,3-6,8,14H2,1-2H3,(H,15,17). The second kappa shape index (κ2) is 5.61. The maximum absolute atomic E-state index is 11.6. The summed E-state index contributed by atoms with van der Waals surface area (Å²) in [5.74, 6) is 0.722. The van der Waals surface area contributed by atoms with Gasteiger partial charge < -0.3 is 16.0 Å². The number of nitrogens with one attached hydrogen (secondary N) is 1. The van der Waals surface area contributed by atoms with E-state index in [-0.39, 0.29) is 5.91 Å². The molecule has 0 radical (unpaired) electrons. The predicted molar refractivity (Wildman–Crippen MR) is 77.3 cm³/mol. The molecule has 18 heavy (non-hydrogen) atoms. The average Bonchev–Trinajstić information content (AvgIpc) is 2.69. The number of carbonyl (C=O) groups excluding carboxylic acids is 1. The van der Waals surface area contributed by atoms with Gasteiger partial charge in [0.25, 0.3) is 5.91 Å². The summed E-state index contributed by atoms with van der Waals surface area (Å²) in [6.45, 7) is 4.20. The van der Waals surface area contributed by atoms with Gasteiger partial charge in [0.1, 0.15) is 4.88 Å². The van der Waals surface area contributed by atoms with E-state index in [2.05, 4.69) is 17.1 Å². The van der Waals surface area contributed by atoms with Crippen LogP contribution in [0.4, 0.5) is 10.7 Å². The fourth-order valence-corrected chi connectivity index (χ4v) is 3.30. The molecule has 0 saturated heterocycles. The van der Waals surface area contributed by atoms with E-state index < -0.39 is 0 Å². The molecule has 1 fully saturated rings. The average molecular weight is 267 g/mol. The van der Waals surface area contributed by atoms with Crippen LogP contribution in [0, 0.1) is 5.92 Å². The number of anilines is 2. The summed E-state index contributed by atoms with van der Waals surface area (Å²) < 4.78 is 0. The lowest BCUT2D eigenvalue weighted by Gasteiger charge is -2.32. The first-order valence-corrected chi connectivity index (χ1v) is 7.33. The Bertz CT molecular complexity index is 426. The normalized spacial score (nSPS) is 15.2. The van der Waals surface area contributed by atoms with E-state index >= 15 is 0 Å². The molecule has 1 aromatic heterocycles. The number of thiophene rings is 1. The molecule has 0 bridgehead atoms. The van der Waals surface area contributed by atoms with Crippen LogP contribution in [0.15, 0.2) is 6.07 Å². The number of nitrogen functional groups attached to an aromatic ring is 1. The zero-order valence-electron chi connectivity index (χ0n) is 11.0. The van der Waals surface area contributed by atoms with Crippen LogP contribution in [0.5, 0.6) is 0 Å². The SMILES string of the molecule is CCN(CC1CCC1)c1cc(N)c(C(=O)NC)s1. The number of hydrogen-bond acceptors (Lipinski definition) is 4. The van der Waals surface area contributed by atoms with Crippen LogP contribution in [-0.4, -0.2) is 26.0 Å². The molecule has 1 aromatic rings. The van der Waals surface area contributed by atoms with Gasteiger partial charge in [0.05, 0.1) is 10.7 Å². The van der Waals surface area contributed by atoms with Crippen molar-refractivity contribution in [3.63, 3.8) is 0 Å². The Labute approximate surface area is 112 Å². The van der Waals surface area contributed by atoms with Gasteiger partial charge in [0, 0.05) is 20.1 Å². The molecule has 0 spiro atoms. The van der Waals surface area contributed by atoms with Crippen LogP contribution in [0.2, 0.25) is 0 Å². The number of amides is 1. The molecule has 0 atom stereocenters. The van der Waals surface area contributed by atoms with Crippen molar-refractivity contribution in [2.45, 2.75) is 26.2 Å². The maximum Gasteiger partial charge on any atom is 0.263 e. The minimum Gasteiger partial charge on any atom is -0.397 e. The summed E-state index contributed by atoms with van der Waals surface area (Å²) >= 11 is 1.49. The van der Waals surface area contributed by atoms with Crippen LogP contribution < -0.4 is 16.0 Å². The first kappa shape index (κ1) is 13.2. The summed E-state index contributed by atoms with van der Waals surface area (Å²) in [5.41, 5.74) is 6.50. The van der Waals surface area contributed by atoms with Gasteiger partial charge in [-0.1, -0.05) is 6.42 Å². The second-order valence-corrected chi connectivity index (χ2v) is 5.81. The fourth-order valence-electron chi connectivity index (χ4n) is 2.20. The summed E-state index contributed by atoms with van der Waals surface area (Å²) in [5, 5.41) is 3.74. The number of rotatable bonds is 5. The third-order valence-corrected chi connectivity index (χ3v) is 4.79. The number of hydrogen-bond donors (Lipinski definition) is 2. The molecule has 1 heterocycles. The van der Waals surface area contributed by atoms with Gasteiger partial charge in [0.15, 0.2) is 0 Å². The molecule has 1 amide bonds. The van der Waals surface area contributed by atoms with Crippen molar-refractivity contribution in [1.29, 1.82) is 0 Å². The predicted octanol–water partition coefficient (Wildman–Crippen LogP) is 2.32. The lowest BCUT2D eigenvalue weighted by molar-refractivity contribution is 0.0968. The fraction of sp³-hybridized carbons (Fsp3) is 0.615. The van der Waals surface area contributed by atoms with Gasteiger partial charge >= 0.3 is 0 Å². The van der Waals surface area contributed by atoms with E-state index in [0.717, 1.165) is 24.0 Å². The molecule has 5 heteroatoms. The maximum atomic E-state index is 11.6. The van der Waals surface area contributed by atoms with Crippen molar-refractivity contribution in [3.8, 4) is 0 Å². The Kier molecular flexibility index (Phi) is 4.11. The molecule has 0 unspecified atom stereocenters. The van der Waals surface area contributed by atoms with E-state index in [9.17, 15) is 4.79 Å². The molecule has 3 N–H and O–H groups in total. The van der Waals surface area contributed by atoms with E-state index in [1.165, 1.54) is 30.6 Å². The number of carbonyl (C=O) groups is 1. The van der Waals surface area contributed by atoms with Gasteiger partial charge in [0.2, 0.25) is 0 Å². The van der Waals surface area contributed by atoms with Crippen molar-refractivity contribution in [2.75, 3.05) is 30.8 Å². The van der Waals surface area contributed by atoms with E-state index in [4.69, 9.17) is 5.73 Å².